The monoisotopic (exact) mass is 229 g/mol. The number of hydrogen-bond acceptors (Lipinski definition) is 2. The Morgan fingerprint density at radius 1 is 1.67 bits per heavy atom. The van der Waals surface area contributed by atoms with Crippen LogP contribution in [0.1, 0.15) is 23.2 Å². The molecule has 1 N–H and O–H groups in total. The average Bonchev–Trinajstić information content (AvgIpc) is 2.72. The Kier molecular flexibility index (Phi) is 1.92. The Morgan fingerprint density at radius 3 is 2.92 bits per heavy atom. The number of carbonyl (C=O) groups excluding carboxylic acids is 1. The van der Waals surface area contributed by atoms with Crippen molar-refractivity contribution in [2.24, 2.45) is 0 Å². The summed E-state index contributed by atoms with van der Waals surface area (Å²) in [4.78, 5) is 11.4. The van der Waals surface area contributed by atoms with Crippen molar-refractivity contribution < 1.29 is 9.21 Å². The number of carbonyl (C=O) groups is 1. The molecular weight excluding hydrogens is 222 g/mol. The van der Waals surface area contributed by atoms with E-state index in [0.29, 0.717) is 16.3 Å². The first-order valence-electron chi connectivity index (χ1n) is 3.81. The Balaban J connectivity index is 2.07. The molecule has 4 heteroatoms. The molecule has 1 aliphatic rings. The molecule has 1 fully saturated rings. The minimum Gasteiger partial charge on any atom is -0.457 e. The highest BCUT2D eigenvalue weighted by Gasteiger charge is 2.25. The summed E-state index contributed by atoms with van der Waals surface area (Å²) in [7, 11) is 0. The van der Waals surface area contributed by atoms with Crippen LogP contribution in [-0.2, 0) is 0 Å². The second-order valence-corrected chi connectivity index (χ2v) is 3.58. The van der Waals surface area contributed by atoms with Crippen molar-refractivity contribution in [3.8, 4) is 0 Å². The third-order valence-corrected chi connectivity index (χ3v) is 2.39. The van der Waals surface area contributed by atoms with Crippen LogP contribution in [0.15, 0.2) is 21.4 Å². The summed E-state index contributed by atoms with van der Waals surface area (Å²) < 4.78 is 5.44. The summed E-state index contributed by atoms with van der Waals surface area (Å²) in [5.74, 6) is -0.0573. The quantitative estimate of drug-likeness (QED) is 0.843. The molecule has 0 aliphatic heterocycles. The van der Waals surface area contributed by atoms with Crippen LogP contribution in [0.5, 0.6) is 0 Å². The highest BCUT2D eigenvalue weighted by molar-refractivity contribution is 9.10. The Bertz CT molecular complexity index is 304. The molecule has 0 atom stereocenters. The Hall–Kier alpha value is -0.770. The van der Waals surface area contributed by atoms with Gasteiger partial charge in [0.05, 0.1) is 11.8 Å². The van der Waals surface area contributed by atoms with Gasteiger partial charge in [0.1, 0.15) is 0 Å². The predicted octanol–water partition coefficient (Wildman–Crippen LogP) is 1.93. The SMILES string of the molecule is O=C(NC1CC1)c1ccoc1Br. The van der Waals surface area contributed by atoms with E-state index in [4.69, 9.17) is 4.42 Å². The van der Waals surface area contributed by atoms with E-state index in [0.717, 1.165) is 12.8 Å². The maximum absolute atomic E-state index is 11.4. The van der Waals surface area contributed by atoms with E-state index in [-0.39, 0.29) is 5.91 Å². The van der Waals surface area contributed by atoms with Gasteiger partial charge >= 0.3 is 0 Å². The molecule has 2 rings (SSSR count). The first kappa shape index (κ1) is 7.86. The predicted molar refractivity (Wildman–Crippen MR) is 46.9 cm³/mol. The lowest BCUT2D eigenvalue weighted by atomic mass is 10.3. The van der Waals surface area contributed by atoms with Crippen molar-refractivity contribution in [1.82, 2.24) is 5.32 Å². The lowest BCUT2D eigenvalue weighted by molar-refractivity contribution is 0.0949. The topological polar surface area (TPSA) is 42.2 Å². The molecule has 1 amide bonds. The third kappa shape index (κ3) is 1.53. The number of furan rings is 1. The van der Waals surface area contributed by atoms with Gasteiger partial charge in [-0.25, -0.2) is 0 Å². The van der Waals surface area contributed by atoms with E-state index < -0.39 is 0 Å². The van der Waals surface area contributed by atoms with Crippen molar-refractivity contribution in [3.05, 3.63) is 22.6 Å². The molecule has 1 aromatic heterocycles. The molecule has 1 saturated carbocycles. The van der Waals surface area contributed by atoms with Crippen molar-refractivity contribution in [2.75, 3.05) is 0 Å². The zero-order valence-electron chi connectivity index (χ0n) is 6.34. The van der Waals surface area contributed by atoms with Crippen LogP contribution in [0.25, 0.3) is 0 Å². The average molecular weight is 230 g/mol. The van der Waals surface area contributed by atoms with Crippen LogP contribution in [-0.4, -0.2) is 11.9 Å². The van der Waals surface area contributed by atoms with Crippen molar-refractivity contribution in [2.45, 2.75) is 18.9 Å². The molecule has 1 aromatic rings. The van der Waals surface area contributed by atoms with Gasteiger partial charge in [0.25, 0.3) is 5.91 Å². The van der Waals surface area contributed by atoms with E-state index in [2.05, 4.69) is 21.2 Å². The van der Waals surface area contributed by atoms with Crippen LogP contribution >= 0.6 is 15.9 Å². The maximum atomic E-state index is 11.4. The highest BCUT2D eigenvalue weighted by atomic mass is 79.9. The van der Waals surface area contributed by atoms with Crippen LogP contribution in [0.4, 0.5) is 0 Å². The van der Waals surface area contributed by atoms with Gasteiger partial charge in [-0.15, -0.1) is 0 Å². The number of nitrogens with one attached hydrogen (secondary N) is 1. The molecule has 0 radical (unpaired) electrons. The van der Waals surface area contributed by atoms with Gasteiger partial charge in [0.15, 0.2) is 4.67 Å². The summed E-state index contributed by atoms with van der Waals surface area (Å²) in [6, 6.07) is 2.04. The fourth-order valence-electron chi connectivity index (χ4n) is 0.947. The van der Waals surface area contributed by atoms with Crippen molar-refractivity contribution in [1.29, 1.82) is 0 Å². The minimum atomic E-state index is -0.0573. The molecule has 1 heterocycles. The van der Waals surface area contributed by atoms with Crippen molar-refractivity contribution in [3.63, 3.8) is 0 Å². The molecule has 0 saturated heterocycles. The van der Waals surface area contributed by atoms with Gasteiger partial charge in [-0.3, -0.25) is 4.79 Å². The zero-order chi connectivity index (χ0) is 8.55. The van der Waals surface area contributed by atoms with E-state index in [1.807, 2.05) is 0 Å². The summed E-state index contributed by atoms with van der Waals surface area (Å²) in [5.41, 5.74) is 0.571. The maximum Gasteiger partial charge on any atom is 0.255 e. The second kappa shape index (κ2) is 2.94. The van der Waals surface area contributed by atoms with Gasteiger partial charge in [-0.05, 0) is 34.8 Å². The van der Waals surface area contributed by atoms with Crippen molar-refractivity contribution >= 4 is 21.8 Å². The molecule has 1 aliphatic carbocycles. The first-order valence-corrected chi connectivity index (χ1v) is 4.60. The molecule has 3 nitrogen and oxygen atoms in total. The summed E-state index contributed by atoms with van der Waals surface area (Å²) in [6.07, 6.45) is 3.69. The molecule has 0 bridgehead atoms. The number of halogens is 1. The van der Waals surface area contributed by atoms with Crippen LogP contribution in [0.2, 0.25) is 0 Å². The molecular formula is C8H8BrNO2. The van der Waals surface area contributed by atoms with E-state index >= 15 is 0 Å². The summed E-state index contributed by atoms with van der Waals surface area (Å²) >= 11 is 3.15. The van der Waals surface area contributed by atoms with E-state index in [1.54, 1.807) is 6.07 Å². The first-order chi connectivity index (χ1) is 5.77. The van der Waals surface area contributed by atoms with Crippen LogP contribution < -0.4 is 5.32 Å². The number of rotatable bonds is 2. The molecule has 12 heavy (non-hydrogen) atoms. The van der Waals surface area contributed by atoms with Gasteiger partial charge in [0, 0.05) is 6.04 Å². The molecule has 64 valence electrons. The molecule has 0 unspecified atom stereocenters. The fraction of sp³-hybridized carbons (Fsp3) is 0.375. The molecule has 0 spiro atoms. The summed E-state index contributed by atoms with van der Waals surface area (Å²) in [6.45, 7) is 0. The number of hydrogen-bond donors (Lipinski definition) is 1. The summed E-state index contributed by atoms with van der Waals surface area (Å²) in [5, 5.41) is 2.87. The standard InChI is InChI=1S/C8H8BrNO2/c9-7-6(3-4-12-7)8(11)10-5-1-2-5/h3-5H,1-2H2,(H,10,11). The van der Waals surface area contributed by atoms with Crippen LogP contribution in [0.3, 0.4) is 0 Å². The Labute approximate surface area is 78.3 Å². The van der Waals surface area contributed by atoms with Gasteiger partial charge in [0.2, 0.25) is 0 Å². The van der Waals surface area contributed by atoms with E-state index in [9.17, 15) is 4.79 Å². The Morgan fingerprint density at radius 2 is 2.42 bits per heavy atom. The smallest absolute Gasteiger partial charge is 0.255 e. The zero-order valence-corrected chi connectivity index (χ0v) is 7.93. The second-order valence-electron chi connectivity index (χ2n) is 2.86. The third-order valence-electron chi connectivity index (χ3n) is 1.78. The highest BCUT2D eigenvalue weighted by Crippen LogP contribution is 2.22. The fourth-order valence-corrected chi connectivity index (χ4v) is 1.37. The lowest BCUT2D eigenvalue weighted by Gasteiger charge is -1.99. The van der Waals surface area contributed by atoms with Crippen LogP contribution in [0, 0.1) is 0 Å². The lowest BCUT2D eigenvalue weighted by Crippen LogP contribution is -2.25. The van der Waals surface area contributed by atoms with Gasteiger partial charge in [-0.1, -0.05) is 0 Å². The normalized spacial score (nSPS) is 16.1. The number of amides is 1. The molecule has 0 aromatic carbocycles. The largest absolute Gasteiger partial charge is 0.457 e. The van der Waals surface area contributed by atoms with Gasteiger partial charge < -0.3 is 9.73 Å². The van der Waals surface area contributed by atoms with E-state index in [1.165, 1.54) is 6.26 Å². The minimum absolute atomic E-state index is 0.0573. The van der Waals surface area contributed by atoms with Gasteiger partial charge in [-0.2, -0.15) is 0 Å².